The third kappa shape index (κ3) is 10.4. The minimum absolute atomic E-state index is 0.113. The van der Waals surface area contributed by atoms with Crippen molar-refractivity contribution < 1.29 is 19.1 Å². The summed E-state index contributed by atoms with van der Waals surface area (Å²) in [5.41, 5.74) is 1.18. The maximum atomic E-state index is 14.6. The van der Waals surface area contributed by atoms with Gasteiger partial charge in [-0.15, -0.1) is 0 Å². The van der Waals surface area contributed by atoms with Crippen LogP contribution in [0.2, 0.25) is 0 Å². The van der Waals surface area contributed by atoms with E-state index in [1.165, 1.54) is 6.42 Å². The lowest BCUT2D eigenvalue weighted by molar-refractivity contribution is -0.146. The van der Waals surface area contributed by atoms with Gasteiger partial charge in [0.15, 0.2) is 0 Å². The predicted molar refractivity (Wildman–Crippen MR) is 162 cm³/mol. The van der Waals surface area contributed by atoms with Crippen molar-refractivity contribution in [3.8, 4) is 0 Å². The monoisotopic (exact) mass is 557 g/mol. The summed E-state index contributed by atoms with van der Waals surface area (Å²) in [5.74, 6) is -0.0973. The standard InChI is InChI=1S/C33H55N3O4/c1-10-24(5)28(35-32(39)40-33(7,8)9)31(38)36(25(6)19-16-22(2)3)29(26-20-17-23(4)18-21-26)30(37)34-27-14-12-11-13-15-27/h17-18,20-22,24-25,27-29H,10-16,19H2,1-9H3,(H,34,37)(H,35,39). The number of aryl methyl sites for hydroxylation is 1. The number of hydrogen-bond acceptors (Lipinski definition) is 4. The molecule has 4 atom stereocenters. The average Bonchev–Trinajstić information content (AvgIpc) is 2.88. The van der Waals surface area contributed by atoms with Gasteiger partial charge in [-0.05, 0) is 77.7 Å². The molecule has 1 aliphatic rings. The van der Waals surface area contributed by atoms with Crippen molar-refractivity contribution >= 4 is 17.9 Å². The summed E-state index contributed by atoms with van der Waals surface area (Å²) < 4.78 is 5.54. The highest BCUT2D eigenvalue weighted by atomic mass is 16.6. The van der Waals surface area contributed by atoms with Crippen molar-refractivity contribution in [3.63, 3.8) is 0 Å². The lowest BCUT2D eigenvalue weighted by Crippen LogP contribution is -2.58. The maximum absolute atomic E-state index is 14.6. The van der Waals surface area contributed by atoms with Crippen molar-refractivity contribution in [1.29, 1.82) is 0 Å². The van der Waals surface area contributed by atoms with Crippen LogP contribution in [0.25, 0.3) is 0 Å². The van der Waals surface area contributed by atoms with Gasteiger partial charge in [-0.2, -0.15) is 0 Å². The normalized spacial score (nSPS) is 17.4. The van der Waals surface area contributed by atoms with Crippen LogP contribution in [0.4, 0.5) is 4.79 Å². The Bertz CT molecular complexity index is 947. The molecule has 1 aromatic carbocycles. The van der Waals surface area contributed by atoms with Crippen LogP contribution in [0, 0.1) is 18.8 Å². The van der Waals surface area contributed by atoms with Gasteiger partial charge in [-0.3, -0.25) is 9.59 Å². The number of amides is 3. The number of carbonyl (C=O) groups excluding carboxylic acids is 3. The summed E-state index contributed by atoms with van der Waals surface area (Å²) in [6.45, 7) is 17.7. The van der Waals surface area contributed by atoms with Gasteiger partial charge in [-0.1, -0.05) is 83.2 Å². The fraction of sp³-hybridized carbons (Fsp3) is 0.727. The first-order valence-electron chi connectivity index (χ1n) is 15.4. The number of ether oxygens (including phenoxy) is 1. The van der Waals surface area contributed by atoms with Gasteiger partial charge in [0.2, 0.25) is 11.8 Å². The molecule has 0 heterocycles. The van der Waals surface area contributed by atoms with Crippen LogP contribution in [0.5, 0.6) is 0 Å². The molecule has 0 bridgehead atoms. The number of rotatable bonds is 12. The second kappa shape index (κ2) is 15.4. The lowest BCUT2D eigenvalue weighted by atomic mass is 9.92. The second-order valence-corrected chi connectivity index (χ2v) is 13.2. The van der Waals surface area contributed by atoms with Crippen LogP contribution in [-0.2, 0) is 14.3 Å². The molecule has 1 aromatic rings. The quantitative estimate of drug-likeness (QED) is 0.287. The smallest absolute Gasteiger partial charge is 0.408 e. The van der Waals surface area contributed by atoms with E-state index >= 15 is 0 Å². The Morgan fingerprint density at radius 2 is 1.57 bits per heavy atom. The number of benzene rings is 1. The Hall–Kier alpha value is -2.57. The zero-order valence-corrected chi connectivity index (χ0v) is 26.5. The van der Waals surface area contributed by atoms with Crippen LogP contribution >= 0.6 is 0 Å². The predicted octanol–water partition coefficient (Wildman–Crippen LogP) is 7.08. The molecule has 0 spiro atoms. The Kier molecular flexibility index (Phi) is 13.0. The van der Waals surface area contributed by atoms with Gasteiger partial charge in [0.1, 0.15) is 17.7 Å². The number of hydrogen-bond donors (Lipinski definition) is 2. The Labute approximate surface area is 243 Å². The van der Waals surface area contributed by atoms with E-state index in [0.717, 1.165) is 49.7 Å². The number of nitrogens with one attached hydrogen (secondary N) is 2. The number of alkyl carbamates (subject to hydrolysis) is 1. The summed E-state index contributed by atoms with van der Waals surface area (Å²) in [6.07, 6.45) is 7.04. The molecule has 0 saturated heterocycles. The second-order valence-electron chi connectivity index (χ2n) is 13.2. The van der Waals surface area contributed by atoms with Crippen LogP contribution in [0.15, 0.2) is 24.3 Å². The average molecular weight is 558 g/mol. The molecule has 40 heavy (non-hydrogen) atoms. The van der Waals surface area contributed by atoms with E-state index in [-0.39, 0.29) is 29.8 Å². The van der Waals surface area contributed by atoms with Crippen molar-refractivity contribution in [2.45, 2.75) is 143 Å². The lowest BCUT2D eigenvalue weighted by Gasteiger charge is -2.40. The molecule has 2 N–H and O–H groups in total. The molecule has 1 saturated carbocycles. The van der Waals surface area contributed by atoms with Crippen LogP contribution in [0.1, 0.15) is 124 Å². The van der Waals surface area contributed by atoms with Crippen molar-refractivity contribution in [3.05, 3.63) is 35.4 Å². The first kappa shape index (κ1) is 33.6. The van der Waals surface area contributed by atoms with Gasteiger partial charge in [-0.25, -0.2) is 4.79 Å². The fourth-order valence-electron chi connectivity index (χ4n) is 5.30. The molecule has 1 fully saturated rings. The molecule has 1 aliphatic carbocycles. The Morgan fingerprint density at radius 3 is 2.10 bits per heavy atom. The topological polar surface area (TPSA) is 87.7 Å². The Morgan fingerprint density at radius 1 is 0.975 bits per heavy atom. The van der Waals surface area contributed by atoms with E-state index in [0.29, 0.717) is 12.3 Å². The Balaban J connectivity index is 2.56. The molecule has 7 heteroatoms. The third-order valence-electron chi connectivity index (χ3n) is 7.91. The molecule has 0 radical (unpaired) electrons. The van der Waals surface area contributed by atoms with E-state index in [4.69, 9.17) is 4.74 Å². The highest BCUT2D eigenvalue weighted by Crippen LogP contribution is 2.30. The zero-order valence-electron chi connectivity index (χ0n) is 26.5. The molecule has 3 amide bonds. The van der Waals surface area contributed by atoms with Crippen LogP contribution in [0.3, 0.4) is 0 Å². The summed E-state index contributed by atoms with van der Waals surface area (Å²) in [4.78, 5) is 43.4. The molecule has 4 unspecified atom stereocenters. The summed E-state index contributed by atoms with van der Waals surface area (Å²) in [6, 6.07) is 6.16. The molecular formula is C33H55N3O4. The first-order valence-corrected chi connectivity index (χ1v) is 15.4. The molecule has 2 rings (SSSR count). The molecule has 226 valence electrons. The van der Waals surface area contributed by atoms with E-state index in [1.54, 1.807) is 25.7 Å². The molecule has 7 nitrogen and oxygen atoms in total. The summed E-state index contributed by atoms with van der Waals surface area (Å²) >= 11 is 0. The zero-order chi connectivity index (χ0) is 30.0. The molecule has 0 aliphatic heterocycles. The van der Waals surface area contributed by atoms with Crippen LogP contribution in [-0.4, -0.2) is 46.5 Å². The van der Waals surface area contributed by atoms with Gasteiger partial charge in [0.05, 0.1) is 0 Å². The SMILES string of the molecule is CCC(C)C(NC(=O)OC(C)(C)C)C(=O)N(C(C)CCC(C)C)C(C(=O)NC1CCCCC1)c1ccc(C)cc1. The van der Waals surface area contributed by atoms with Crippen molar-refractivity contribution in [2.75, 3.05) is 0 Å². The van der Waals surface area contributed by atoms with E-state index in [2.05, 4.69) is 24.5 Å². The highest BCUT2D eigenvalue weighted by molar-refractivity contribution is 5.92. The molecule has 0 aromatic heterocycles. The highest BCUT2D eigenvalue weighted by Gasteiger charge is 2.40. The van der Waals surface area contributed by atoms with Gasteiger partial charge in [0.25, 0.3) is 0 Å². The van der Waals surface area contributed by atoms with Gasteiger partial charge >= 0.3 is 6.09 Å². The summed E-state index contributed by atoms with van der Waals surface area (Å²) in [7, 11) is 0. The van der Waals surface area contributed by atoms with Gasteiger partial charge in [0, 0.05) is 12.1 Å². The largest absolute Gasteiger partial charge is 0.444 e. The minimum Gasteiger partial charge on any atom is -0.444 e. The van der Waals surface area contributed by atoms with Crippen LogP contribution < -0.4 is 10.6 Å². The van der Waals surface area contributed by atoms with E-state index in [1.807, 2.05) is 52.0 Å². The van der Waals surface area contributed by atoms with Crippen molar-refractivity contribution in [1.82, 2.24) is 15.5 Å². The van der Waals surface area contributed by atoms with E-state index < -0.39 is 23.8 Å². The number of carbonyl (C=O) groups is 3. The minimum atomic E-state index is -0.822. The molecular weight excluding hydrogens is 502 g/mol. The van der Waals surface area contributed by atoms with E-state index in [9.17, 15) is 14.4 Å². The van der Waals surface area contributed by atoms with Crippen molar-refractivity contribution in [2.24, 2.45) is 11.8 Å². The van der Waals surface area contributed by atoms with Gasteiger partial charge < -0.3 is 20.3 Å². The fourth-order valence-corrected chi connectivity index (χ4v) is 5.30. The third-order valence-corrected chi connectivity index (χ3v) is 7.91. The number of nitrogens with zero attached hydrogens (tertiary/aromatic N) is 1. The summed E-state index contributed by atoms with van der Waals surface area (Å²) in [5, 5.41) is 6.17. The first-order chi connectivity index (χ1) is 18.7. The maximum Gasteiger partial charge on any atom is 0.408 e.